The van der Waals surface area contributed by atoms with E-state index in [1.165, 1.54) is 6.07 Å². The Morgan fingerprint density at radius 1 is 1.12 bits per heavy atom. The molecule has 0 saturated carbocycles. The average Bonchev–Trinajstić information content (AvgIpc) is 2.53. The zero-order valence-corrected chi connectivity index (χ0v) is 15.5. The molecule has 0 atom stereocenters. The Hall–Kier alpha value is -2.32. The molecule has 26 heavy (non-hydrogen) atoms. The van der Waals surface area contributed by atoms with Crippen molar-refractivity contribution in [2.75, 3.05) is 23.6 Å². The van der Waals surface area contributed by atoms with Gasteiger partial charge in [0.1, 0.15) is 5.60 Å². The summed E-state index contributed by atoms with van der Waals surface area (Å²) in [4.78, 5) is 28.9. The number of hydrogen-bond acceptors (Lipinski definition) is 5. The predicted octanol–water partition coefficient (Wildman–Crippen LogP) is 4.00. The highest BCUT2D eigenvalue weighted by Gasteiger charge is 2.22. The Balaban J connectivity index is 2.76. The van der Waals surface area contributed by atoms with Crippen LogP contribution in [0.3, 0.4) is 0 Å². The number of unbranched alkanes of at least 4 members (excludes halogenated alkanes) is 3. The van der Waals surface area contributed by atoms with Gasteiger partial charge in [0.15, 0.2) is 0 Å². The maximum Gasteiger partial charge on any atom is 0.436 e. The summed E-state index contributed by atoms with van der Waals surface area (Å²) in [5.74, 6) is 0. The number of rotatable bonds is 9. The molecule has 2 amide bonds. The second-order valence-electron chi connectivity index (χ2n) is 6.69. The third-order valence-corrected chi connectivity index (χ3v) is 3.21. The zero-order valence-electron chi connectivity index (χ0n) is 15.5. The van der Waals surface area contributed by atoms with Gasteiger partial charge in [0.25, 0.3) is 0 Å². The summed E-state index contributed by atoms with van der Waals surface area (Å²) in [6, 6.07) is 6.42. The van der Waals surface area contributed by atoms with Crippen LogP contribution in [0.25, 0.3) is 0 Å². The Labute approximate surface area is 153 Å². The molecule has 0 aliphatic carbocycles. The van der Waals surface area contributed by atoms with Crippen LogP contribution < -0.4 is 10.4 Å². The third kappa shape index (κ3) is 8.17. The first-order valence-corrected chi connectivity index (χ1v) is 8.60. The fourth-order valence-corrected chi connectivity index (χ4v) is 2.12. The topological polar surface area (TPSA) is 108 Å². The molecule has 0 saturated heterocycles. The van der Waals surface area contributed by atoms with Gasteiger partial charge in [-0.1, -0.05) is 25.0 Å². The van der Waals surface area contributed by atoms with E-state index in [2.05, 4.69) is 5.32 Å². The van der Waals surface area contributed by atoms with Gasteiger partial charge in [0.05, 0.1) is 18.0 Å². The third-order valence-electron chi connectivity index (χ3n) is 3.21. The molecule has 146 valence electrons. The highest BCUT2D eigenvalue weighted by atomic mass is 16.7. The number of hydrogen-bond donors (Lipinski definition) is 3. The van der Waals surface area contributed by atoms with Gasteiger partial charge in [-0.05, 0) is 45.7 Å². The van der Waals surface area contributed by atoms with Gasteiger partial charge in [-0.15, -0.1) is 0 Å². The zero-order chi connectivity index (χ0) is 19.6. The summed E-state index contributed by atoms with van der Waals surface area (Å²) >= 11 is 0. The van der Waals surface area contributed by atoms with Gasteiger partial charge < -0.3 is 14.9 Å². The fourth-order valence-electron chi connectivity index (χ4n) is 2.12. The number of amides is 2. The average molecular weight is 368 g/mol. The van der Waals surface area contributed by atoms with E-state index in [0.29, 0.717) is 12.8 Å². The van der Waals surface area contributed by atoms with Gasteiger partial charge in [-0.25, -0.2) is 9.59 Å². The van der Waals surface area contributed by atoms with Crippen molar-refractivity contribution in [1.82, 2.24) is 0 Å². The lowest BCUT2D eigenvalue weighted by molar-refractivity contribution is 0.0634. The molecule has 0 aliphatic heterocycles. The van der Waals surface area contributed by atoms with E-state index in [0.717, 1.165) is 17.9 Å². The van der Waals surface area contributed by atoms with Gasteiger partial charge in [0, 0.05) is 6.61 Å². The number of benzene rings is 1. The maximum atomic E-state index is 12.0. The van der Waals surface area contributed by atoms with Crippen molar-refractivity contribution in [3.63, 3.8) is 0 Å². The van der Waals surface area contributed by atoms with Gasteiger partial charge in [-0.3, -0.25) is 10.2 Å². The van der Waals surface area contributed by atoms with Crippen LogP contribution in [0, 0.1) is 0 Å². The molecular formula is C18H28N2O6. The molecule has 0 fully saturated rings. The number of carboxylic acid groups (broad SMARTS) is 1. The Bertz CT molecular complexity index is 585. The van der Waals surface area contributed by atoms with E-state index >= 15 is 0 Å². The lowest BCUT2D eigenvalue weighted by Crippen LogP contribution is -2.32. The number of carbonyl (C=O) groups excluding carboxylic acids is 1. The molecular weight excluding hydrogens is 340 g/mol. The summed E-state index contributed by atoms with van der Waals surface area (Å²) in [6.07, 6.45) is 1.07. The summed E-state index contributed by atoms with van der Waals surface area (Å²) in [5.41, 5.74) is -0.206. The van der Waals surface area contributed by atoms with Crippen molar-refractivity contribution >= 4 is 23.6 Å². The monoisotopic (exact) mass is 368 g/mol. The first-order chi connectivity index (χ1) is 12.2. The number of nitrogens with one attached hydrogen (secondary N) is 1. The molecule has 0 bridgehead atoms. The number of hydroxylamine groups is 1. The Morgan fingerprint density at radius 3 is 2.38 bits per heavy atom. The van der Waals surface area contributed by atoms with E-state index in [9.17, 15) is 14.7 Å². The molecule has 8 nitrogen and oxygen atoms in total. The van der Waals surface area contributed by atoms with Gasteiger partial charge in [0.2, 0.25) is 0 Å². The van der Waals surface area contributed by atoms with E-state index in [1.54, 1.807) is 39.0 Å². The lowest BCUT2D eigenvalue weighted by Gasteiger charge is -2.23. The summed E-state index contributed by atoms with van der Waals surface area (Å²) in [5, 5.41) is 21.5. The molecule has 0 aromatic heterocycles. The van der Waals surface area contributed by atoms with Crippen molar-refractivity contribution in [3.05, 3.63) is 24.3 Å². The number of para-hydroxylation sites is 2. The van der Waals surface area contributed by atoms with Crippen molar-refractivity contribution in [1.29, 1.82) is 0 Å². The van der Waals surface area contributed by atoms with Crippen LogP contribution >= 0.6 is 0 Å². The van der Waals surface area contributed by atoms with Crippen LogP contribution in [0.1, 0.15) is 46.5 Å². The van der Waals surface area contributed by atoms with Crippen LogP contribution in [0.4, 0.5) is 21.0 Å². The van der Waals surface area contributed by atoms with Gasteiger partial charge in [-0.2, -0.15) is 5.06 Å². The number of carbonyl (C=O) groups is 2. The quantitative estimate of drug-likeness (QED) is 0.449. The minimum absolute atomic E-state index is 0.145. The Morgan fingerprint density at radius 2 is 1.77 bits per heavy atom. The van der Waals surface area contributed by atoms with E-state index in [1.807, 2.05) is 0 Å². The van der Waals surface area contributed by atoms with Crippen LogP contribution in [0.15, 0.2) is 24.3 Å². The van der Waals surface area contributed by atoms with Crippen molar-refractivity contribution in [2.24, 2.45) is 0 Å². The molecule has 8 heteroatoms. The van der Waals surface area contributed by atoms with Crippen LogP contribution in [0.5, 0.6) is 0 Å². The summed E-state index contributed by atoms with van der Waals surface area (Å²) in [7, 11) is 0. The smallest absolute Gasteiger partial charge is 0.436 e. The van der Waals surface area contributed by atoms with E-state index in [-0.39, 0.29) is 24.6 Å². The number of ether oxygens (including phenoxy) is 1. The Kier molecular flexibility index (Phi) is 8.87. The molecule has 1 rings (SSSR count). The number of anilines is 2. The molecule has 0 aliphatic rings. The van der Waals surface area contributed by atoms with Crippen molar-refractivity contribution < 1.29 is 29.4 Å². The standard InChI is InChI=1S/C18H28N2O6/c1-18(2,3)26-16(22)19-14-10-6-7-11-15(14)20(17(23)24)25-13-9-5-4-8-12-21/h6-7,10-11,21H,4-5,8-9,12-13H2,1-3H3,(H,19,22)(H,23,24). The lowest BCUT2D eigenvalue weighted by atomic mass is 10.2. The first kappa shape index (κ1) is 21.7. The van der Waals surface area contributed by atoms with Crippen molar-refractivity contribution in [2.45, 2.75) is 52.1 Å². The molecule has 0 radical (unpaired) electrons. The molecule has 0 heterocycles. The second-order valence-corrected chi connectivity index (χ2v) is 6.69. The highest BCUT2D eigenvalue weighted by molar-refractivity contribution is 5.95. The molecule has 1 aromatic carbocycles. The largest absolute Gasteiger partial charge is 0.463 e. The molecule has 1 aromatic rings. The van der Waals surface area contributed by atoms with Crippen LogP contribution in [-0.4, -0.2) is 41.2 Å². The van der Waals surface area contributed by atoms with Crippen LogP contribution in [-0.2, 0) is 9.57 Å². The number of nitrogens with zero attached hydrogens (tertiary/aromatic N) is 1. The van der Waals surface area contributed by atoms with E-state index < -0.39 is 17.8 Å². The van der Waals surface area contributed by atoms with Gasteiger partial charge >= 0.3 is 12.2 Å². The maximum absolute atomic E-state index is 12.0. The molecule has 0 unspecified atom stereocenters. The predicted molar refractivity (Wildman–Crippen MR) is 98.3 cm³/mol. The first-order valence-electron chi connectivity index (χ1n) is 8.60. The van der Waals surface area contributed by atoms with E-state index in [4.69, 9.17) is 14.7 Å². The number of aliphatic hydroxyl groups excluding tert-OH is 1. The van der Waals surface area contributed by atoms with Crippen molar-refractivity contribution in [3.8, 4) is 0 Å². The summed E-state index contributed by atoms with van der Waals surface area (Å²) in [6.45, 7) is 5.57. The second kappa shape index (κ2) is 10.6. The minimum atomic E-state index is -1.29. The molecule has 0 spiro atoms. The molecule has 3 N–H and O–H groups in total. The minimum Gasteiger partial charge on any atom is -0.463 e. The normalized spacial score (nSPS) is 11.1. The summed E-state index contributed by atoms with van der Waals surface area (Å²) < 4.78 is 5.20. The highest BCUT2D eigenvalue weighted by Crippen LogP contribution is 2.27. The van der Waals surface area contributed by atoms with Crippen LogP contribution in [0.2, 0.25) is 0 Å². The fraction of sp³-hybridized carbons (Fsp3) is 0.556. The number of aliphatic hydroxyl groups is 1. The SMILES string of the molecule is CC(C)(C)OC(=O)Nc1ccccc1N(OCCCCCCO)C(=O)O.